The van der Waals surface area contributed by atoms with Crippen molar-refractivity contribution in [2.24, 2.45) is 82.9 Å². The number of hydrogen-bond donors (Lipinski definition) is 8. The van der Waals surface area contributed by atoms with Gasteiger partial charge in [0.05, 0.1) is 67.2 Å². The summed E-state index contributed by atoms with van der Waals surface area (Å²) in [7, 11) is -9.39. The van der Waals surface area contributed by atoms with Crippen molar-refractivity contribution in [3.8, 4) is 0 Å². The van der Waals surface area contributed by atoms with E-state index in [2.05, 4.69) is 10.6 Å². The van der Waals surface area contributed by atoms with Gasteiger partial charge in [0.1, 0.15) is 0 Å². The van der Waals surface area contributed by atoms with Crippen LogP contribution in [0, 0.1) is 82.9 Å². The van der Waals surface area contributed by atoms with E-state index in [4.69, 9.17) is 0 Å². The molecule has 20 atom stereocenters. The summed E-state index contributed by atoms with van der Waals surface area (Å²) in [5.41, 5.74) is 1.24. The predicted molar refractivity (Wildman–Crippen MR) is 249 cm³/mol. The molecule has 382 valence electrons. The van der Waals surface area contributed by atoms with Crippen LogP contribution in [0.3, 0.4) is 0 Å². The predicted octanol–water partition coefficient (Wildman–Crippen LogP) is -1.75. The van der Waals surface area contributed by atoms with Gasteiger partial charge in [0.15, 0.2) is 11.5 Å². The van der Waals surface area contributed by atoms with Crippen molar-refractivity contribution in [2.75, 3.05) is 0 Å². The maximum atomic E-state index is 14.4. The van der Waals surface area contributed by atoms with Crippen molar-refractivity contribution in [3.05, 3.63) is 46.2 Å². The van der Waals surface area contributed by atoms with Crippen molar-refractivity contribution < 1.29 is 125 Å². The number of Topliss-reactive ketones (excluding diaryl/α,β-unsaturated/α-hetero) is 2. The number of nitrogens with one attached hydrogen (secondary N) is 2. The largest absolute Gasteiger partial charge is 1.00 e. The average molecular weight is 1040 g/mol. The van der Waals surface area contributed by atoms with E-state index < -0.39 is 138 Å². The second-order valence-corrected chi connectivity index (χ2v) is 26.1. The minimum Gasteiger partial charge on any atom is -0.748 e. The molecule has 0 saturated heterocycles. The van der Waals surface area contributed by atoms with Crippen LogP contribution in [0.4, 0.5) is 0 Å². The molecule has 0 aromatic rings. The molecule has 70 heavy (non-hydrogen) atoms. The quantitative estimate of drug-likeness (QED) is 0.0722. The maximum absolute atomic E-state index is 14.4. The van der Waals surface area contributed by atoms with Crippen molar-refractivity contribution in [1.29, 1.82) is 0 Å². The average Bonchev–Trinajstić information content (AvgIpc) is 3.25. The first-order valence-corrected chi connectivity index (χ1v) is 28.3. The molecule has 6 fully saturated rings. The molecule has 0 aliphatic heterocycles. The second kappa shape index (κ2) is 22.4. The number of hydrogen-bond acceptors (Lipinski definition) is 16. The van der Waals surface area contributed by atoms with Crippen LogP contribution in [-0.2, 0) is 29.8 Å². The number of allylic oxidation sites excluding steroid dienone is 4. The summed E-state index contributed by atoms with van der Waals surface area (Å²) in [6.07, 6.45) is 3.50. The molecule has 0 heterocycles. The van der Waals surface area contributed by atoms with Gasteiger partial charge in [-0.25, -0.2) is 16.8 Å². The third kappa shape index (κ3) is 10.5. The standard InChI is InChI=1S/C50H76N2O14S2.2Na/c1-21(2)37-29-15-23(5)39(47(57)41(29)31(45(55)49(37)59)19-51-43-27-13-9-7-11-25(27)35(17-33(43)53)67(61,62)63)40-24(6)16-30-38(22(3)4)50(60)46(56)32(42(30)48(40)58)20-52-44-28-14-10-8-12-26(28)36(18-34(44)54)68(64,65)66;;/h19-30,33-36,39-44,47-48,51-54,57-60H,7-18H2,1-6H3,(H,61,62,63)(H,64,65,66);;/q;2*+1/p-2/b31-19-,32-20+;;. The Morgan fingerprint density at radius 2 is 0.871 bits per heavy atom. The summed E-state index contributed by atoms with van der Waals surface area (Å²) in [5.74, 6) is -8.94. The van der Waals surface area contributed by atoms with Crippen LogP contribution in [0.25, 0.3) is 0 Å². The first-order valence-electron chi connectivity index (χ1n) is 25.4. The monoisotopic (exact) mass is 1040 g/mol. The number of aliphatic hydroxyl groups excluding tert-OH is 6. The van der Waals surface area contributed by atoms with Crippen molar-refractivity contribution in [2.45, 2.75) is 166 Å². The maximum Gasteiger partial charge on any atom is 1.00 e. The van der Waals surface area contributed by atoms with E-state index in [0.717, 1.165) is 25.7 Å². The van der Waals surface area contributed by atoms with E-state index in [0.29, 0.717) is 49.7 Å². The molecule has 0 spiro atoms. The van der Waals surface area contributed by atoms with Gasteiger partial charge in [0, 0.05) is 35.4 Å². The first kappa shape index (κ1) is 58.4. The van der Waals surface area contributed by atoms with Gasteiger partial charge < -0.3 is 50.4 Å². The van der Waals surface area contributed by atoms with Crippen molar-refractivity contribution >= 4 is 31.8 Å². The third-order valence-corrected chi connectivity index (χ3v) is 21.2. The molecular weight excluding hydrogens is 963 g/mol. The topological polar surface area (TPSA) is 294 Å². The second-order valence-electron chi connectivity index (χ2n) is 22.9. The van der Waals surface area contributed by atoms with Gasteiger partial charge >= 0.3 is 59.1 Å². The Hall–Kier alpha value is -0.840. The summed E-state index contributed by atoms with van der Waals surface area (Å²) >= 11 is 0. The van der Waals surface area contributed by atoms with Crippen molar-refractivity contribution in [1.82, 2.24) is 10.6 Å². The van der Waals surface area contributed by atoms with Crippen LogP contribution >= 0.6 is 0 Å². The van der Waals surface area contributed by atoms with Crippen LogP contribution in [0.5, 0.6) is 0 Å². The van der Waals surface area contributed by atoms with Gasteiger partial charge in [-0.1, -0.05) is 67.2 Å². The Bertz CT molecular complexity index is 2180. The Labute approximate surface area is 458 Å². The fraction of sp³-hybridized carbons (Fsp3) is 0.800. The van der Waals surface area contributed by atoms with Crippen molar-refractivity contribution in [3.63, 3.8) is 0 Å². The van der Waals surface area contributed by atoms with E-state index in [1.807, 2.05) is 41.5 Å². The number of rotatable bonds is 9. The molecule has 8 rings (SSSR count). The van der Waals surface area contributed by atoms with Crippen LogP contribution in [-0.4, -0.2) is 115 Å². The van der Waals surface area contributed by atoms with Crippen LogP contribution < -0.4 is 69.7 Å². The molecule has 20 heteroatoms. The molecule has 0 bridgehead atoms. The zero-order valence-electron chi connectivity index (χ0n) is 42.1. The minimum absolute atomic E-state index is 0. The molecule has 6 saturated carbocycles. The van der Waals surface area contributed by atoms with Gasteiger partial charge in [-0.05, 0) is 134 Å². The molecular formula is C50H74N2Na2O14S2. The fourth-order valence-corrected chi connectivity index (χ4v) is 18.4. The Morgan fingerprint density at radius 1 is 0.557 bits per heavy atom. The first-order chi connectivity index (χ1) is 31.9. The molecule has 8 aliphatic rings. The Balaban J connectivity index is 0.00000402. The number of carbonyl (C=O) groups is 2. The van der Waals surface area contributed by atoms with Gasteiger partial charge in [-0.2, -0.15) is 0 Å². The number of aliphatic hydroxyl groups is 6. The normalized spacial score (nSPS) is 43.7. The Kier molecular flexibility index (Phi) is 18.7. The minimum atomic E-state index is -4.70. The van der Waals surface area contributed by atoms with Crippen LogP contribution in [0.1, 0.15) is 119 Å². The summed E-state index contributed by atoms with van der Waals surface area (Å²) in [6.45, 7) is 11.5. The van der Waals surface area contributed by atoms with E-state index in [9.17, 15) is 66.2 Å². The smallest absolute Gasteiger partial charge is 0.748 e. The molecule has 20 unspecified atom stereocenters. The molecule has 8 N–H and O–H groups in total. The third-order valence-electron chi connectivity index (χ3n) is 18.7. The van der Waals surface area contributed by atoms with Crippen LogP contribution in [0.15, 0.2) is 46.2 Å². The van der Waals surface area contributed by atoms with Gasteiger partial charge in [-0.15, -0.1) is 0 Å². The number of fused-ring (bicyclic) bond motifs is 4. The van der Waals surface area contributed by atoms with Gasteiger partial charge in [0.2, 0.25) is 11.6 Å². The summed E-state index contributed by atoms with van der Waals surface area (Å²) in [5, 5.41) is 76.0. The zero-order chi connectivity index (χ0) is 49.6. The number of ketones is 2. The van der Waals surface area contributed by atoms with E-state index in [-0.39, 0.29) is 119 Å². The van der Waals surface area contributed by atoms with E-state index in [1.54, 1.807) is 0 Å². The molecule has 8 aliphatic carbocycles. The van der Waals surface area contributed by atoms with E-state index >= 15 is 0 Å². The Morgan fingerprint density at radius 3 is 1.17 bits per heavy atom. The fourth-order valence-electron chi connectivity index (χ4n) is 16.0. The molecule has 0 aromatic carbocycles. The van der Waals surface area contributed by atoms with Crippen LogP contribution in [0.2, 0.25) is 0 Å². The molecule has 16 nitrogen and oxygen atoms in total. The summed E-state index contributed by atoms with van der Waals surface area (Å²) in [4.78, 5) is 28.9. The molecule has 0 amide bonds. The number of carbonyl (C=O) groups excluding carboxylic acids is 2. The van der Waals surface area contributed by atoms with Gasteiger partial charge in [0.25, 0.3) is 0 Å². The summed E-state index contributed by atoms with van der Waals surface area (Å²) in [6, 6.07) is -1.41. The summed E-state index contributed by atoms with van der Waals surface area (Å²) < 4.78 is 74.2. The van der Waals surface area contributed by atoms with Gasteiger partial charge in [-0.3, -0.25) is 9.59 Å². The zero-order valence-corrected chi connectivity index (χ0v) is 47.7. The SMILES string of the molecule is CC(C)C1=C(O)C(=O)/C(=C\NC2C(O)CC(S(=O)(=O)[O-])C3CCCCC32)C2C1CC(C)C(C1C(C)CC3C(C(C)C)=C(O)C(=O)/C(=C/NC4C(O)CC(S(=O)(=O)[O-])C5CCCCC54)C3C1O)C2O.[Na+].[Na+]. The van der Waals surface area contributed by atoms with E-state index in [1.165, 1.54) is 12.4 Å². The molecule has 0 radical (unpaired) electrons. The molecule has 0 aromatic heterocycles.